The van der Waals surface area contributed by atoms with Crippen molar-refractivity contribution in [3.8, 4) is 0 Å². The van der Waals surface area contributed by atoms with Crippen molar-refractivity contribution in [3.63, 3.8) is 0 Å². The van der Waals surface area contributed by atoms with E-state index in [9.17, 15) is 0 Å². The van der Waals surface area contributed by atoms with E-state index >= 15 is 0 Å². The normalized spacial score (nSPS) is 12.1. The van der Waals surface area contributed by atoms with Crippen LogP contribution in [0, 0.1) is 0 Å². The Morgan fingerprint density at radius 1 is 1.64 bits per heavy atom. The van der Waals surface area contributed by atoms with E-state index in [0.717, 1.165) is 0 Å². The molecule has 78 valence electrons. The molecule has 0 fully saturated rings. The van der Waals surface area contributed by atoms with Crippen molar-refractivity contribution < 1.29 is 5.11 Å². The Kier molecular flexibility index (Phi) is 4.74. The first-order chi connectivity index (χ1) is 6.69. The van der Waals surface area contributed by atoms with Crippen LogP contribution < -0.4 is 0 Å². The summed E-state index contributed by atoms with van der Waals surface area (Å²) in [5.41, 5.74) is 1.32. The Morgan fingerprint density at radius 3 is 2.86 bits per heavy atom. The summed E-state index contributed by atoms with van der Waals surface area (Å²) in [5.74, 6) is 1.07. The molecular weight excluding hydrogens is 245 g/mol. The van der Waals surface area contributed by atoms with E-state index in [1.165, 1.54) is 17.3 Å². The second-order valence-electron chi connectivity index (χ2n) is 2.46. The van der Waals surface area contributed by atoms with Crippen LogP contribution in [0.3, 0.4) is 0 Å². The quantitative estimate of drug-likeness (QED) is 0.831. The summed E-state index contributed by atoms with van der Waals surface area (Å²) >= 11 is 12.5. The molecule has 0 aromatic carbocycles. The lowest BCUT2D eigenvalue weighted by Gasteiger charge is -2.00. The van der Waals surface area contributed by atoms with Gasteiger partial charge in [0.05, 0.1) is 0 Å². The van der Waals surface area contributed by atoms with Crippen molar-refractivity contribution >= 4 is 35.0 Å². The number of halogens is 2. The van der Waals surface area contributed by atoms with Crippen molar-refractivity contribution in [2.24, 2.45) is 7.05 Å². The van der Waals surface area contributed by atoms with Gasteiger partial charge in [0.25, 0.3) is 0 Å². The highest BCUT2D eigenvalue weighted by molar-refractivity contribution is 7.99. The molecule has 1 aromatic rings. The molecule has 0 amide bonds. The number of aromatic nitrogens is 3. The number of rotatable bonds is 4. The van der Waals surface area contributed by atoms with Gasteiger partial charge in [0, 0.05) is 23.4 Å². The number of hydrogen-bond donors (Lipinski definition) is 1. The lowest BCUT2D eigenvalue weighted by atomic mass is 10.6. The van der Waals surface area contributed by atoms with Crippen molar-refractivity contribution in [1.29, 1.82) is 0 Å². The fraction of sp³-hybridized carbons (Fsp3) is 0.429. The molecule has 0 saturated carbocycles. The summed E-state index contributed by atoms with van der Waals surface area (Å²) in [4.78, 5) is 0. The van der Waals surface area contributed by atoms with Crippen LogP contribution in [0.5, 0.6) is 0 Å². The van der Waals surface area contributed by atoms with Crippen LogP contribution in [0.15, 0.2) is 15.7 Å². The molecule has 0 saturated heterocycles. The molecule has 4 nitrogen and oxygen atoms in total. The molecule has 1 N–H and O–H groups in total. The summed E-state index contributed by atoms with van der Waals surface area (Å²) in [6.07, 6.45) is 0. The average molecular weight is 254 g/mol. The average Bonchev–Trinajstić information content (AvgIpc) is 2.56. The zero-order valence-corrected chi connectivity index (χ0v) is 9.77. The van der Waals surface area contributed by atoms with Gasteiger partial charge in [-0.05, 0) is 0 Å². The van der Waals surface area contributed by atoms with E-state index in [-0.39, 0.29) is 6.61 Å². The van der Waals surface area contributed by atoms with Gasteiger partial charge in [0.2, 0.25) is 0 Å². The topological polar surface area (TPSA) is 50.9 Å². The van der Waals surface area contributed by atoms with Crippen LogP contribution in [-0.2, 0) is 13.7 Å². The Labute approximate surface area is 95.9 Å². The molecule has 1 aromatic heterocycles. The monoisotopic (exact) mass is 253 g/mol. The SMILES string of the molecule is Cn1c(CO)nnc1SCC(Cl)=CCl. The highest BCUT2D eigenvalue weighted by Gasteiger charge is 2.07. The van der Waals surface area contributed by atoms with Gasteiger partial charge in [-0.25, -0.2) is 0 Å². The minimum absolute atomic E-state index is 0.122. The van der Waals surface area contributed by atoms with E-state index in [0.29, 0.717) is 21.8 Å². The number of aliphatic hydroxyl groups is 1. The molecule has 1 heterocycles. The predicted octanol–water partition coefficient (Wildman–Crippen LogP) is 1.72. The van der Waals surface area contributed by atoms with Gasteiger partial charge in [-0.3, -0.25) is 0 Å². The molecule has 0 spiro atoms. The fourth-order valence-corrected chi connectivity index (χ4v) is 1.85. The van der Waals surface area contributed by atoms with Gasteiger partial charge in [0.15, 0.2) is 11.0 Å². The standard InChI is InChI=1S/C7H9Cl2N3OS/c1-12-6(3-13)10-11-7(12)14-4-5(9)2-8/h2,13H,3-4H2,1H3. The number of thioether (sulfide) groups is 1. The maximum atomic E-state index is 8.86. The van der Waals surface area contributed by atoms with Crippen LogP contribution in [0.25, 0.3) is 0 Å². The molecule has 0 aliphatic rings. The van der Waals surface area contributed by atoms with Gasteiger partial charge < -0.3 is 9.67 Å². The van der Waals surface area contributed by atoms with Crippen molar-refractivity contribution in [3.05, 3.63) is 16.4 Å². The molecule has 0 bridgehead atoms. The molecule has 1 rings (SSSR count). The van der Waals surface area contributed by atoms with Gasteiger partial charge in [0.1, 0.15) is 6.61 Å². The minimum Gasteiger partial charge on any atom is -0.388 e. The second-order valence-corrected chi connectivity index (χ2v) is 4.11. The molecule has 14 heavy (non-hydrogen) atoms. The highest BCUT2D eigenvalue weighted by atomic mass is 35.5. The first kappa shape index (κ1) is 11.8. The van der Waals surface area contributed by atoms with E-state index in [2.05, 4.69) is 10.2 Å². The third kappa shape index (κ3) is 2.88. The molecular formula is C7H9Cl2N3OS. The van der Waals surface area contributed by atoms with E-state index in [1.807, 2.05) is 0 Å². The van der Waals surface area contributed by atoms with E-state index in [1.54, 1.807) is 11.6 Å². The highest BCUT2D eigenvalue weighted by Crippen LogP contribution is 2.20. The minimum atomic E-state index is -0.122. The van der Waals surface area contributed by atoms with Crippen LogP contribution in [-0.4, -0.2) is 25.6 Å². The third-order valence-corrected chi connectivity index (χ3v) is 3.37. The van der Waals surface area contributed by atoms with Gasteiger partial charge in [-0.2, -0.15) is 0 Å². The lowest BCUT2D eigenvalue weighted by Crippen LogP contribution is -1.98. The predicted molar refractivity (Wildman–Crippen MR) is 57.4 cm³/mol. The molecule has 0 unspecified atom stereocenters. The lowest BCUT2D eigenvalue weighted by molar-refractivity contribution is 0.266. The van der Waals surface area contributed by atoms with Crippen LogP contribution >= 0.6 is 35.0 Å². The largest absolute Gasteiger partial charge is 0.388 e. The molecule has 0 atom stereocenters. The van der Waals surface area contributed by atoms with Gasteiger partial charge in [-0.15, -0.1) is 10.2 Å². The van der Waals surface area contributed by atoms with Crippen molar-refractivity contribution in [1.82, 2.24) is 14.8 Å². The molecule has 7 heteroatoms. The van der Waals surface area contributed by atoms with Crippen molar-refractivity contribution in [2.75, 3.05) is 5.75 Å². The number of aliphatic hydroxyl groups excluding tert-OH is 1. The number of hydrogen-bond acceptors (Lipinski definition) is 4. The Hall–Kier alpha value is -0.230. The zero-order valence-electron chi connectivity index (χ0n) is 7.44. The van der Waals surface area contributed by atoms with Crippen LogP contribution in [0.1, 0.15) is 5.82 Å². The Bertz CT molecular complexity index is 340. The summed E-state index contributed by atoms with van der Waals surface area (Å²) < 4.78 is 1.71. The first-order valence-electron chi connectivity index (χ1n) is 3.75. The smallest absolute Gasteiger partial charge is 0.191 e. The summed E-state index contributed by atoms with van der Waals surface area (Å²) in [6, 6.07) is 0. The maximum absolute atomic E-state index is 8.86. The summed E-state index contributed by atoms with van der Waals surface area (Å²) in [6.45, 7) is -0.122. The first-order valence-corrected chi connectivity index (χ1v) is 5.55. The summed E-state index contributed by atoms with van der Waals surface area (Å²) in [5, 5.41) is 17.8. The molecule has 0 aliphatic carbocycles. The summed E-state index contributed by atoms with van der Waals surface area (Å²) in [7, 11) is 1.78. The fourth-order valence-electron chi connectivity index (χ4n) is 0.773. The molecule has 0 aliphatic heterocycles. The van der Waals surface area contributed by atoms with Crippen LogP contribution in [0.4, 0.5) is 0 Å². The van der Waals surface area contributed by atoms with Crippen molar-refractivity contribution in [2.45, 2.75) is 11.8 Å². The second kappa shape index (κ2) is 5.60. The van der Waals surface area contributed by atoms with Gasteiger partial charge in [-0.1, -0.05) is 35.0 Å². The zero-order chi connectivity index (χ0) is 10.6. The van der Waals surface area contributed by atoms with E-state index in [4.69, 9.17) is 28.3 Å². The Balaban J connectivity index is 2.63. The maximum Gasteiger partial charge on any atom is 0.191 e. The number of nitrogens with zero attached hydrogens (tertiary/aromatic N) is 3. The third-order valence-electron chi connectivity index (χ3n) is 1.52. The van der Waals surface area contributed by atoms with E-state index < -0.39 is 0 Å². The Morgan fingerprint density at radius 2 is 2.36 bits per heavy atom. The van der Waals surface area contributed by atoms with Gasteiger partial charge >= 0.3 is 0 Å². The molecule has 0 radical (unpaired) electrons. The van der Waals surface area contributed by atoms with Crippen LogP contribution in [0.2, 0.25) is 0 Å².